The van der Waals surface area contributed by atoms with Gasteiger partial charge in [-0.1, -0.05) is 23.4 Å². The van der Waals surface area contributed by atoms with E-state index in [1.807, 2.05) is 25.1 Å². The van der Waals surface area contributed by atoms with E-state index in [-0.39, 0.29) is 12.5 Å². The normalized spacial score (nSPS) is 10.6. The lowest BCUT2D eigenvalue weighted by molar-refractivity contribution is -0.118. The van der Waals surface area contributed by atoms with Crippen molar-refractivity contribution in [2.45, 2.75) is 6.92 Å². The van der Waals surface area contributed by atoms with Gasteiger partial charge in [-0.25, -0.2) is 0 Å². The van der Waals surface area contributed by atoms with Crippen molar-refractivity contribution in [3.63, 3.8) is 0 Å². The number of benzene rings is 2. The summed E-state index contributed by atoms with van der Waals surface area (Å²) < 4.78 is 11.7. The topological polar surface area (TPSA) is 80.2 Å². The van der Waals surface area contributed by atoms with Crippen LogP contribution in [0.3, 0.4) is 0 Å². The van der Waals surface area contributed by atoms with Crippen LogP contribution in [0, 0.1) is 0 Å². The number of hydrogen-bond acceptors (Lipinski definition) is 5. The third kappa shape index (κ3) is 4.99. The minimum absolute atomic E-state index is 0.158. The molecule has 1 amide bonds. The fourth-order valence-corrected chi connectivity index (χ4v) is 2.38. The molecule has 0 bridgehead atoms. The first-order chi connectivity index (χ1) is 11.6. The Morgan fingerprint density at radius 2 is 1.96 bits per heavy atom. The van der Waals surface area contributed by atoms with Gasteiger partial charge in [0.1, 0.15) is 0 Å². The third-order valence-electron chi connectivity index (χ3n) is 2.98. The molecule has 0 aromatic heterocycles. The van der Waals surface area contributed by atoms with Gasteiger partial charge in [0, 0.05) is 15.7 Å². The number of para-hydroxylation sites is 1. The Morgan fingerprint density at radius 1 is 1.25 bits per heavy atom. The molecule has 2 aromatic carbocycles. The molecule has 0 atom stereocenters. The van der Waals surface area contributed by atoms with Gasteiger partial charge in [0.05, 0.1) is 12.8 Å². The zero-order valence-electron chi connectivity index (χ0n) is 13.0. The second-order valence-corrected chi connectivity index (χ2v) is 5.56. The number of anilines is 1. The molecule has 6 nitrogen and oxygen atoms in total. The van der Waals surface area contributed by atoms with Crippen molar-refractivity contribution >= 4 is 33.7 Å². The van der Waals surface area contributed by atoms with Gasteiger partial charge >= 0.3 is 0 Å². The van der Waals surface area contributed by atoms with Gasteiger partial charge in [0.25, 0.3) is 5.91 Å². The first-order valence-electron chi connectivity index (χ1n) is 7.25. The van der Waals surface area contributed by atoms with Crippen molar-refractivity contribution in [1.82, 2.24) is 0 Å². The Bertz CT molecular complexity index is 720. The van der Waals surface area contributed by atoms with E-state index >= 15 is 0 Å². The predicted octanol–water partition coefficient (Wildman–Crippen LogP) is 3.67. The summed E-state index contributed by atoms with van der Waals surface area (Å²) in [6.07, 6.45) is 1.28. The lowest BCUT2D eigenvalue weighted by Gasteiger charge is -2.13. The molecule has 0 unspecified atom stereocenters. The SMILES string of the molecule is CCOc1cc(/C=N/O)c(Br)cc1OCC(=O)Nc1ccccc1. The summed E-state index contributed by atoms with van der Waals surface area (Å²) >= 11 is 3.36. The Labute approximate surface area is 148 Å². The van der Waals surface area contributed by atoms with Crippen LogP contribution in [0.5, 0.6) is 11.5 Å². The summed E-state index contributed by atoms with van der Waals surface area (Å²) in [5.74, 6) is 0.603. The van der Waals surface area contributed by atoms with E-state index in [0.29, 0.717) is 33.8 Å². The van der Waals surface area contributed by atoms with Crippen LogP contribution in [0.15, 0.2) is 52.1 Å². The smallest absolute Gasteiger partial charge is 0.262 e. The highest BCUT2D eigenvalue weighted by Crippen LogP contribution is 2.33. The maximum atomic E-state index is 12.0. The largest absolute Gasteiger partial charge is 0.490 e. The maximum absolute atomic E-state index is 12.0. The Morgan fingerprint density at radius 3 is 2.62 bits per heavy atom. The van der Waals surface area contributed by atoms with Gasteiger partial charge in [-0.2, -0.15) is 0 Å². The number of ether oxygens (including phenoxy) is 2. The maximum Gasteiger partial charge on any atom is 0.262 e. The van der Waals surface area contributed by atoms with Crippen molar-refractivity contribution in [1.29, 1.82) is 0 Å². The number of carbonyl (C=O) groups is 1. The number of nitrogens with one attached hydrogen (secondary N) is 1. The summed E-state index contributed by atoms with van der Waals surface area (Å²) in [7, 11) is 0. The van der Waals surface area contributed by atoms with Crippen LogP contribution in [0.1, 0.15) is 12.5 Å². The quantitative estimate of drug-likeness (QED) is 0.427. The van der Waals surface area contributed by atoms with Crippen molar-refractivity contribution in [3.8, 4) is 11.5 Å². The number of nitrogens with zero attached hydrogens (tertiary/aromatic N) is 1. The summed E-state index contributed by atoms with van der Waals surface area (Å²) in [5, 5.41) is 14.4. The molecule has 0 aliphatic carbocycles. The van der Waals surface area contributed by atoms with Gasteiger partial charge in [-0.05, 0) is 47.1 Å². The van der Waals surface area contributed by atoms with Crippen LogP contribution in [0.2, 0.25) is 0 Å². The van der Waals surface area contributed by atoms with Crippen LogP contribution >= 0.6 is 15.9 Å². The van der Waals surface area contributed by atoms with Gasteiger partial charge < -0.3 is 20.0 Å². The Kier molecular flexibility index (Phi) is 6.62. The number of amides is 1. The van der Waals surface area contributed by atoms with Gasteiger partial charge in [0.15, 0.2) is 18.1 Å². The van der Waals surface area contributed by atoms with E-state index in [0.717, 1.165) is 0 Å². The molecule has 0 fully saturated rings. The van der Waals surface area contributed by atoms with Crippen LogP contribution in [-0.2, 0) is 4.79 Å². The standard InChI is InChI=1S/C17H17BrN2O4/c1-2-23-15-8-12(10-19-22)14(18)9-16(15)24-11-17(21)20-13-6-4-3-5-7-13/h3-10,22H,2,11H2,1H3,(H,20,21)/b19-10+. The molecule has 2 aromatic rings. The predicted molar refractivity (Wildman–Crippen MR) is 95.3 cm³/mol. The lowest BCUT2D eigenvalue weighted by Crippen LogP contribution is -2.20. The molecule has 0 radical (unpaired) electrons. The zero-order chi connectivity index (χ0) is 17.4. The molecule has 0 spiro atoms. The second-order valence-electron chi connectivity index (χ2n) is 4.70. The number of oxime groups is 1. The number of halogens is 1. The fraction of sp³-hybridized carbons (Fsp3) is 0.176. The molecule has 0 aliphatic heterocycles. The van der Waals surface area contributed by atoms with Crippen LogP contribution in [0.4, 0.5) is 5.69 Å². The Hall–Kier alpha value is -2.54. The molecule has 7 heteroatoms. The van der Waals surface area contributed by atoms with Gasteiger partial charge in [-0.15, -0.1) is 0 Å². The molecule has 0 aliphatic rings. The Balaban J connectivity index is 2.07. The van der Waals surface area contributed by atoms with E-state index < -0.39 is 0 Å². The fourth-order valence-electron chi connectivity index (χ4n) is 1.95. The van der Waals surface area contributed by atoms with Crippen LogP contribution in [-0.4, -0.2) is 30.5 Å². The van der Waals surface area contributed by atoms with Crippen molar-refractivity contribution in [2.24, 2.45) is 5.16 Å². The van der Waals surface area contributed by atoms with Crippen molar-refractivity contribution in [3.05, 3.63) is 52.5 Å². The summed E-state index contributed by atoms with van der Waals surface area (Å²) in [4.78, 5) is 12.0. The summed E-state index contributed by atoms with van der Waals surface area (Å²) in [6, 6.07) is 12.5. The molecule has 2 rings (SSSR count). The van der Waals surface area contributed by atoms with Crippen LogP contribution < -0.4 is 14.8 Å². The molecule has 24 heavy (non-hydrogen) atoms. The highest BCUT2D eigenvalue weighted by molar-refractivity contribution is 9.10. The number of carbonyl (C=O) groups excluding carboxylic acids is 1. The van der Waals surface area contributed by atoms with Crippen molar-refractivity contribution in [2.75, 3.05) is 18.5 Å². The highest BCUT2D eigenvalue weighted by atomic mass is 79.9. The monoisotopic (exact) mass is 392 g/mol. The highest BCUT2D eigenvalue weighted by Gasteiger charge is 2.12. The molecular formula is C17H17BrN2O4. The molecule has 0 saturated heterocycles. The average Bonchev–Trinajstić information content (AvgIpc) is 2.57. The molecule has 0 saturated carbocycles. The minimum atomic E-state index is -0.277. The second kappa shape index (κ2) is 8.93. The van der Waals surface area contributed by atoms with E-state index in [2.05, 4.69) is 26.4 Å². The van der Waals surface area contributed by atoms with Crippen LogP contribution in [0.25, 0.3) is 0 Å². The number of rotatable bonds is 7. The lowest BCUT2D eigenvalue weighted by atomic mass is 10.2. The average molecular weight is 393 g/mol. The molecule has 126 valence electrons. The van der Waals surface area contributed by atoms with E-state index in [1.54, 1.807) is 24.3 Å². The molecular weight excluding hydrogens is 376 g/mol. The molecule has 0 heterocycles. The molecule has 2 N–H and O–H groups in total. The summed E-state index contributed by atoms with van der Waals surface area (Å²) in [6.45, 7) is 2.12. The zero-order valence-corrected chi connectivity index (χ0v) is 14.6. The van der Waals surface area contributed by atoms with Gasteiger partial charge in [0.2, 0.25) is 0 Å². The first-order valence-corrected chi connectivity index (χ1v) is 8.04. The first kappa shape index (κ1) is 17.8. The summed E-state index contributed by atoms with van der Waals surface area (Å²) in [5.41, 5.74) is 1.33. The third-order valence-corrected chi connectivity index (χ3v) is 3.66. The minimum Gasteiger partial charge on any atom is -0.490 e. The van der Waals surface area contributed by atoms with E-state index in [1.165, 1.54) is 6.21 Å². The van der Waals surface area contributed by atoms with E-state index in [9.17, 15) is 4.79 Å². The van der Waals surface area contributed by atoms with Crippen molar-refractivity contribution < 1.29 is 19.5 Å². The van der Waals surface area contributed by atoms with E-state index in [4.69, 9.17) is 14.7 Å². The van der Waals surface area contributed by atoms with Gasteiger partial charge in [-0.3, -0.25) is 4.79 Å². The number of hydrogen-bond donors (Lipinski definition) is 2.